The maximum Gasteiger partial charge on any atom is 0.141 e. The minimum atomic E-state index is -0.228. The Kier molecular flexibility index (Phi) is 4.16. The second kappa shape index (κ2) is 6.45. The molecule has 1 fully saturated rings. The molecule has 1 aromatic carbocycles. The maximum absolute atomic E-state index is 13.3. The van der Waals surface area contributed by atoms with E-state index in [1.54, 1.807) is 17.7 Å². The molecule has 1 aliphatic rings. The van der Waals surface area contributed by atoms with E-state index in [-0.39, 0.29) is 11.9 Å². The molecule has 0 unspecified atom stereocenters. The Morgan fingerprint density at radius 3 is 2.92 bits per heavy atom. The van der Waals surface area contributed by atoms with Gasteiger partial charge in [-0.2, -0.15) is 0 Å². The number of benzene rings is 1. The molecular formula is C18H18FN3OS. The number of fused-ring (bicyclic) bond motifs is 1. The van der Waals surface area contributed by atoms with Gasteiger partial charge in [-0.25, -0.2) is 14.4 Å². The highest BCUT2D eigenvalue weighted by atomic mass is 32.1. The summed E-state index contributed by atoms with van der Waals surface area (Å²) in [4.78, 5) is 12.2. The fraction of sp³-hybridized carbons (Fsp3) is 0.333. The van der Waals surface area contributed by atoms with E-state index in [2.05, 4.69) is 27.2 Å². The second-order valence-electron chi connectivity index (χ2n) is 5.88. The second-order valence-corrected chi connectivity index (χ2v) is 6.74. The van der Waals surface area contributed by atoms with Crippen molar-refractivity contribution in [3.63, 3.8) is 0 Å². The van der Waals surface area contributed by atoms with Crippen LogP contribution in [0.15, 0.2) is 36.0 Å². The molecule has 2 aromatic heterocycles. The Bertz CT molecular complexity index is 849. The van der Waals surface area contributed by atoms with E-state index in [1.807, 2.05) is 12.1 Å². The summed E-state index contributed by atoms with van der Waals surface area (Å²) in [7, 11) is 0. The van der Waals surface area contributed by atoms with Crippen LogP contribution in [0.4, 0.5) is 10.2 Å². The van der Waals surface area contributed by atoms with Crippen LogP contribution < -0.4 is 4.90 Å². The van der Waals surface area contributed by atoms with Gasteiger partial charge in [-0.3, -0.25) is 0 Å². The van der Waals surface area contributed by atoms with Crippen molar-refractivity contribution in [1.29, 1.82) is 0 Å². The lowest BCUT2D eigenvalue weighted by atomic mass is 10.1. The van der Waals surface area contributed by atoms with Gasteiger partial charge in [-0.1, -0.05) is 19.1 Å². The molecule has 0 saturated carbocycles. The lowest BCUT2D eigenvalue weighted by Crippen LogP contribution is -2.42. The quantitative estimate of drug-likeness (QED) is 0.717. The predicted molar refractivity (Wildman–Crippen MR) is 95.1 cm³/mol. The molecule has 6 heteroatoms. The third-order valence-corrected chi connectivity index (χ3v) is 5.29. The molecule has 1 saturated heterocycles. The lowest BCUT2D eigenvalue weighted by molar-refractivity contribution is 0.0382. The third kappa shape index (κ3) is 2.76. The molecule has 0 bridgehead atoms. The molecule has 24 heavy (non-hydrogen) atoms. The standard InChI is InChI=1S/C18H18FN3OS/c1-2-14-9-22(7-8-23-14)17-16-15(10-24-18(16)21-11-20-17)12-3-5-13(19)6-4-12/h3-6,10-11,14H,2,7-9H2,1H3/t14-/m0/s1. The Labute approximate surface area is 143 Å². The van der Waals surface area contributed by atoms with Gasteiger partial charge in [0, 0.05) is 24.0 Å². The summed E-state index contributed by atoms with van der Waals surface area (Å²) >= 11 is 1.59. The number of ether oxygens (including phenoxy) is 1. The molecule has 0 amide bonds. The van der Waals surface area contributed by atoms with E-state index < -0.39 is 0 Å². The van der Waals surface area contributed by atoms with Gasteiger partial charge < -0.3 is 9.64 Å². The van der Waals surface area contributed by atoms with Crippen LogP contribution in [-0.4, -0.2) is 35.8 Å². The van der Waals surface area contributed by atoms with Gasteiger partial charge in [0.05, 0.1) is 18.1 Å². The first kappa shape index (κ1) is 15.5. The van der Waals surface area contributed by atoms with Gasteiger partial charge in [0.1, 0.15) is 22.8 Å². The lowest BCUT2D eigenvalue weighted by Gasteiger charge is -2.33. The SMILES string of the molecule is CC[C@H]1CN(c2ncnc3scc(-c4ccc(F)cc4)c23)CCO1. The van der Waals surface area contributed by atoms with Crippen molar-refractivity contribution in [2.75, 3.05) is 24.6 Å². The Morgan fingerprint density at radius 2 is 2.12 bits per heavy atom. The van der Waals surface area contributed by atoms with E-state index >= 15 is 0 Å². The highest BCUT2D eigenvalue weighted by molar-refractivity contribution is 7.17. The normalized spacial score (nSPS) is 18.2. The molecule has 3 heterocycles. The summed E-state index contributed by atoms with van der Waals surface area (Å²) < 4.78 is 19.0. The molecular weight excluding hydrogens is 325 g/mol. The molecule has 3 aromatic rings. The Morgan fingerprint density at radius 1 is 1.29 bits per heavy atom. The van der Waals surface area contributed by atoms with Crippen LogP contribution in [0.25, 0.3) is 21.3 Å². The van der Waals surface area contributed by atoms with Crippen LogP contribution in [0.3, 0.4) is 0 Å². The first-order valence-corrected chi connectivity index (χ1v) is 8.99. The Balaban J connectivity index is 1.81. The topological polar surface area (TPSA) is 38.2 Å². The molecule has 4 nitrogen and oxygen atoms in total. The van der Waals surface area contributed by atoms with Crippen LogP contribution in [0.5, 0.6) is 0 Å². The summed E-state index contributed by atoms with van der Waals surface area (Å²) in [5.41, 5.74) is 2.05. The number of anilines is 1. The molecule has 0 aliphatic carbocycles. The average molecular weight is 343 g/mol. The highest BCUT2D eigenvalue weighted by Gasteiger charge is 2.23. The van der Waals surface area contributed by atoms with Crippen molar-refractivity contribution in [2.45, 2.75) is 19.4 Å². The molecule has 1 atom stereocenters. The van der Waals surface area contributed by atoms with Crippen molar-refractivity contribution >= 4 is 27.4 Å². The van der Waals surface area contributed by atoms with Crippen LogP contribution >= 0.6 is 11.3 Å². The fourth-order valence-corrected chi connectivity index (χ4v) is 4.01. The largest absolute Gasteiger partial charge is 0.375 e. The number of rotatable bonds is 3. The molecule has 0 spiro atoms. The monoisotopic (exact) mass is 343 g/mol. The van der Waals surface area contributed by atoms with Crippen LogP contribution in [0.1, 0.15) is 13.3 Å². The number of nitrogens with zero attached hydrogens (tertiary/aromatic N) is 3. The summed E-state index contributed by atoms with van der Waals surface area (Å²) in [6.45, 7) is 4.50. The third-order valence-electron chi connectivity index (χ3n) is 4.40. The van der Waals surface area contributed by atoms with Gasteiger partial charge in [-0.05, 0) is 24.1 Å². The highest BCUT2D eigenvalue weighted by Crippen LogP contribution is 2.38. The van der Waals surface area contributed by atoms with E-state index in [9.17, 15) is 4.39 Å². The predicted octanol–water partition coefficient (Wildman–Crippen LogP) is 4.11. The van der Waals surface area contributed by atoms with E-state index in [4.69, 9.17) is 4.74 Å². The zero-order valence-corrected chi connectivity index (χ0v) is 14.2. The van der Waals surface area contributed by atoms with Crippen molar-refractivity contribution in [1.82, 2.24) is 9.97 Å². The Hall–Kier alpha value is -2.05. The number of morpholine rings is 1. The van der Waals surface area contributed by atoms with Crippen molar-refractivity contribution in [3.8, 4) is 11.1 Å². The first-order valence-electron chi connectivity index (χ1n) is 8.11. The number of aromatic nitrogens is 2. The smallest absolute Gasteiger partial charge is 0.141 e. The summed E-state index contributed by atoms with van der Waals surface area (Å²) in [5, 5.41) is 3.12. The van der Waals surface area contributed by atoms with E-state index in [1.165, 1.54) is 12.1 Å². The van der Waals surface area contributed by atoms with Gasteiger partial charge >= 0.3 is 0 Å². The number of hydrogen-bond acceptors (Lipinski definition) is 5. The minimum Gasteiger partial charge on any atom is -0.375 e. The van der Waals surface area contributed by atoms with Crippen LogP contribution in [-0.2, 0) is 4.74 Å². The number of halogens is 1. The van der Waals surface area contributed by atoms with Gasteiger partial charge in [0.2, 0.25) is 0 Å². The molecule has 1 aliphatic heterocycles. The van der Waals surface area contributed by atoms with Crippen molar-refractivity contribution in [2.24, 2.45) is 0 Å². The fourth-order valence-electron chi connectivity index (χ4n) is 3.10. The zero-order valence-electron chi connectivity index (χ0n) is 13.4. The van der Waals surface area contributed by atoms with Gasteiger partial charge in [-0.15, -0.1) is 11.3 Å². The molecule has 124 valence electrons. The summed E-state index contributed by atoms with van der Waals surface area (Å²) in [6, 6.07) is 6.60. The average Bonchev–Trinajstić information content (AvgIpc) is 3.06. The van der Waals surface area contributed by atoms with Gasteiger partial charge in [0.25, 0.3) is 0 Å². The minimum absolute atomic E-state index is 0.228. The number of hydrogen-bond donors (Lipinski definition) is 0. The molecule has 0 N–H and O–H groups in total. The summed E-state index contributed by atoms with van der Waals surface area (Å²) in [6.07, 6.45) is 2.84. The zero-order chi connectivity index (χ0) is 16.5. The van der Waals surface area contributed by atoms with Gasteiger partial charge in [0.15, 0.2) is 0 Å². The number of thiophene rings is 1. The summed E-state index contributed by atoms with van der Waals surface area (Å²) in [5.74, 6) is 0.719. The maximum atomic E-state index is 13.3. The molecule has 0 radical (unpaired) electrons. The van der Waals surface area contributed by atoms with Crippen LogP contribution in [0, 0.1) is 5.82 Å². The van der Waals surface area contributed by atoms with E-state index in [0.717, 1.165) is 46.7 Å². The van der Waals surface area contributed by atoms with Crippen LogP contribution in [0.2, 0.25) is 0 Å². The first-order chi connectivity index (χ1) is 11.8. The van der Waals surface area contributed by atoms with Crippen molar-refractivity contribution in [3.05, 3.63) is 41.8 Å². The van der Waals surface area contributed by atoms with E-state index in [0.29, 0.717) is 6.61 Å². The van der Waals surface area contributed by atoms with Crippen molar-refractivity contribution < 1.29 is 9.13 Å². The molecule has 4 rings (SSSR count).